The summed E-state index contributed by atoms with van der Waals surface area (Å²) in [5, 5.41) is 3.53. The van der Waals surface area contributed by atoms with Crippen LogP contribution in [0.15, 0.2) is 36.5 Å². The first kappa shape index (κ1) is 15.7. The highest BCUT2D eigenvalue weighted by Gasteiger charge is 2.38. The summed E-state index contributed by atoms with van der Waals surface area (Å²) in [5.41, 5.74) is 2.31. The quantitative estimate of drug-likeness (QED) is 0.908. The molecule has 1 N–H and O–H groups in total. The Hall–Kier alpha value is -1.81. The monoisotopic (exact) mass is 325 g/mol. The van der Waals surface area contributed by atoms with Gasteiger partial charge in [0.25, 0.3) is 5.91 Å². The lowest BCUT2D eigenvalue weighted by molar-refractivity contribution is 0.0434. The van der Waals surface area contributed by atoms with Gasteiger partial charge in [0.1, 0.15) is 0 Å². The van der Waals surface area contributed by atoms with E-state index >= 15 is 0 Å². The van der Waals surface area contributed by atoms with E-state index in [4.69, 9.17) is 0 Å². The molecule has 0 saturated carbocycles. The van der Waals surface area contributed by atoms with Crippen molar-refractivity contribution in [3.63, 3.8) is 0 Å². The number of benzene rings is 1. The van der Waals surface area contributed by atoms with Crippen LogP contribution in [0.5, 0.6) is 0 Å². The molecule has 1 aromatic carbocycles. The predicted octanol–water partition coefficient (Wildman–Crippen LogP) is 3.02. The van der Waals surface area contributed by atoms with Gasteiger partial charge in [0.05, 0.1) is 0 Å². The Kier molecular flexibility index (Phi) is 4.31. The van der Waals surface area contributed by atoms with Crippen LogP contribution >= 0.6 is 0 Å². The predicted molar refractivity (Wildman–Crippen MR) is 97.2 cm³/mol. The van der Waals surface area contributed by atoms with Crippen LogP contribution in [-0.4, -0.2) is 43.5 Å². The molecule has 2 saturated heterocycles. The van der Waals surface area contributed by atoms with Crippen LogP contribution in [0.3, 0.4) is 0 Å². The van der Waals surface area contributed by atoms with Crippen LogP contribution in [0, 0.1) is 5.41 Å². The minimum atomic E-state index is 0.197. The Morgan fingerprint density at radius 1 is 1.08 bits per heavy atom. The number of likely N-dealkylation sites (tertiary alicyclic amines) is 1. The first-order chi connectivity index (χ1) is 11.8. The van der Waals surface area contributed by atoms with Crippen molar-refractivity contribution in [3.05, 3.63) is 42.1 Å². The van der Waals surface area contributed by atoms with Crippen molar-refractivity contribution in [2.24, 2.45) is 5.41 Å². The molecule has 3 heterocycles. The van der Waals surface area contributed by atoms with E-state index in [-0.39, 0.29) is 5.91 Å². The molecule has 128 valence electrons. The van der Waals surface area contributed by atoms with E-state index in [1.54, 1.807) is 0 Å². The summed E-state index contributed by atoms with van der Waals surface area (Å²) < 4.78 is 0. The fourth-order valence-electron chi connectivity index (χ4n) is 4.44. The molecular weight excluding hydrogens is 298 g/mol. The van der Waals surface area contributed by atoms with E-state index in [0.717, 1.165) is 51.1 Å². The minimum absolute atomic E-state index is 0.197. The molecule has 3 aliphatic rings. The third kappa shape index (κ3) is 3.07. The van der Waals surface area contributed by atoms with Crippen LogP contribution in [0.1, 0.15) is 42.5 Å². The van der Waals surface area contributed by atoms with Gasteiger partial charge in [0.2, 0.25) is 0 Å². The largest absolute Gasteiger partial charge is 0.348 e. The Morgan fingerprint density at radius 2 is 1.92 bits per heavy atom. The Morgan fingerprint density at radius 3 is 2.62 bits per heavy atom. The summed E-state index contributed by atoms with van der Waals surface area (Å²) in [7, 11) is 0. The number of hydrogen-bond donors (Lipinski definition) is 1. The maximum Gasteiger partial charge on any atom is 0.253 e. The summed E-state index contributed by atoms with van der Waals surface area (Å²) in [6.45, 7) is 5.04. The SMILES string of the molecule is O=C(c1ccc(N2C=CCC2)cc1)N1CCCC2(CCCNC2)C1. The van der Waals surface area contributed by atoms with Crippen molar-refractivity contribution in [1.82, 2.24) is 10.2 Å². The molecule has 3 aliphatic heterocycles. The second kappa shape index (κ2) is 6.60. The number of anilines is 1. The lowest BCUT2D eigenvalue weighted by Gasteiger charge is -2.45. The average Bonchev–Trinajstić information content (AvgIpc) is 3.17. The second-order valence-corrected chi connectivity index (χ2v) is 7.52. The molecule has 0 aliphatic carbocycles. The molecule has 1 spiro atoms. The second-order valence-electron chi connectivity index (χ2n) is 7.52. The van der Waals surface area contributed by atoms with Crippen LogP contribution in [-0.2, 0) is 0 Å². The van der Waals surface area contributed by atoms with Gasteiger partial charge < -0.3 is 15.1 Å². The number of nitrogens with zero attached hydrogens (tertiary/aromatic N) is 2. The third-order valence-electron chi connectivity index (χ3n) is 5.78. The number of nitrogens with one attached hydrogen (secondary N) is 1. The van der Waals surface area contributed by atoms with Gasteiger partial charge in [-0.25, -0.2) is 0 Å². The highest BCUT2D eigenvalue weighted by molar-refractivity contribution is 5.94. The Balaban J connectivity index is 1.45. The van der Waals surface area contributed by atoms with Crippen molar-refractivity contribution in [2.45, 2.75) is 32.1 Å². The number of rotatable bonds is 2. The van der Waals surface area contributed by atoms with Crippen molar-refractivity contribution in [3.8, 4) is 0 Å². The first-order valence-corrected chi connectivity index (χ1v) is 9.29. The zero-order valence-electron chi connectivity index (χ0n) is 14.3. The van der Waals surface area contributed by atoms with Gasteiger partial charge in [-0.1, -0.05) is 6.08 Å². The Labute approximate surface area is 144 Å². The molecule has 0 aromatic heterocycles. The summed E-state index contributed by atoms with van der Waals surface area (Å²) >= 11 is 0. The standard InChI is InChI=1S/C20H27N3O/c24-19(17-5-7-18(8-6-17)22-12-1-2-13-22)23-14-4-10-20(16-23)9-3-11-21-15-20/h1,5-8,12,21H,2-4,9-11,13-16H2. The van der Waals surface area contributed by atoms with Crippen molar-refractivity contribution >= 4 is 11.6 Å². The molecular formula is C20H27N3O. The molecule has 24 heavy (non-hydrogen) atoms. The normalized spacial score (nSPS) is 27.0. The molecule has 2 fully saturated rings. The molecule has 4 heteroatoms. The van der Waals surface area contributed by atoms with Crippen molar-refractivity contribution in [2.75, 3.05) is 37.6 Å². The van der Waals surface area contributed by atoms with Crippen LogP contribution < -0.4 is 10.2 Å². The van der Waals surface area contributed by atoms with Gasteiger partial charge in [-0.15, -0.1) is 0 Å². The van der Waals surface area contributed by atoms with E-state index in [9.17, 15) is 4.79 Å². The summed E-state index contributed by atoms with van der Waals surface area (Å²) in [4.78, 5) is 17.3. The molecule has 4 rings (SSSR count). The fourth-order valence-corrected chi connectivity index (χ4v) is 4.44. The number of hydrogen-bond acceptors (Lipinski definition) is 3. The summed E-state index contributed by atoms with van der Waals surface area (Å²) in [6.07, 6.45) is 10.3. The molecule has 1 unspecified atom stereocenters. The van der Waals surface area contributed by atoms with Gasteiger partial charge in [0.15, 0.2) is 0 Å². The number of carbonyl (C=O) groups is 1. The van der Waals surface area contributed by atoms with Gasteiger partial charge >= 0.3 is 0 Å². The fraction of sp³-hybridized carbons (Fsp3) is 0.550. The number of amides is 1. The van der Waals surface area contributed by atoms with Crippen LogP contribution in [0.2, 0.25) is 0 Å². The lowest BCUT2D eigenvalue weighted by Crippen LogP contribution is -2.52. The molecule has 0 bridgehead atoms. The Bertz CT molecular complexity index is 611. The average molecular weight is 325 g/mol. The number of carbonyl (C=O) groups excluding carboxylic acids is 1. The van der Waals surface area contributed by atoms with E-state index in [1.165, 1.54) is 24.9 Å². The number of piperidine rings is 2. The summed E-state index contributed by atoms with van der Waals surface area (Å²) in [5.74, 6) is 0.197. The van der Waals surface area contributed by atoms with Crippen molar-refractivity contribution < 1.29 is 4.79 Å². The molecule has 4 nitrogen and oxygen atoms in total. The van der Waals surface area contributed by atoms with Crippen LogP contribution in [0.4, 0.5) is 5.69 Å². The first-order valence-electron chi connectivity index (χ1n) is 9.29. The zero-order valence-corrected chi connectivity index (χ0v) is 14.3. The molecule has 1 aromatic rings. The van der Waals surface area contributed by atoms with Crippen LogP contribution in [0.25, 0.3) is 0 Å². The third-order valence-corrected chi connectivity index (χ3v) is 5.78. The van der Waals surface area contributed by atoms with E-state index in [0.29, 0.717) is 5.41 Å². The molecule has 1 atom stereocenters. The lowest BCUT2D eigenvalue weighted by atomic mass is 9.74. The highest BCUT2D eigenvalue weighted by Crippen LogP contribution is 2.36. The smallest absolute Gasteiger partial charge is 0.253 e. The van der Waals surface area contributed by atoms with Gasteiger partial charge in [-0.2, -0.15) is 0 Å². The summed E-state index contributed by atoms with van der Waals surface area (Å²) in [6, 6.07) is 8.13. The van der Waals surface area contributed by atoms with E-state index in [2.05, 4.69) is 39.5 Å². The topological polar surface area (TPSA) is 35.6 Å². The molecule has 0 radical (unpaired) electrons. The minimum Gasteiger partial charge on any atom is -0.348 e. The van der Waals surface area contributed by atoms with Gasteiger partial charge in [-0.3, -0.25) is 4.79 Å². The van der Waals surface area contributed by atoms with E-state index in [1.807, 2.05) is 12.1 Å². The maximum atomic E-state index is 12.9. The van der Waals surface area contributed by atoms with Crippen molar-refractivity contribution in [1.29, 1.82) is 0 Å². The van der Waals surface area contributed by atoms with Gasteiger partial charge in [-0.05, 0) is 62.9 Å². The zero-order chi connectivity index (χ0) is 16.4. The molecule has 1 amide bonds. The van der Waals surface area contributed by atoms with Gasteiger partial charge in [0, 0.05) is 49.0 Å². The maximum absolute atomic E-state index is 12.9. The van der Waals surface area contributed by atoms with E-state index < -0.39 is 0 Å². The highest BCUT2D eigenvalue weighted by atomic mass is 16.2.